The molecule has 0 spiro atoms. The van der Waals surface area contributed by atoms with Gasteiger partial charge in [0.1, 0.15) is 15.7 Å². The van der Waals surface area contributed by atoms with E-state index in [9.17, 15) is 14.8 Å². The number of rotatable bonds is 6. The molecule has 3 rings (SSSR count). The summed E-state index contributed by atoms with van der Waals surface area (Å²) in [6.45, 7) is 0.507. The van der Waals surface area contributed by atoms with Crippen LogP contribution in [0.25, 0.3) is 0 Å². The van der Waals surface area contributed by atoms with Gasteiger partial charge in [0.15, 0.2) is 11.5 Å². The molecule has 27 heavy (non-hydrogen) atoms. The van der Waals surface area contributed by atoms with Crippen molar-refractivity contribution < 1.29 is 23.8 Å². The first kappa shape index (κ1) is 19.2. The van der Waals surface area contributed by atoms with Crippen LogP contribution >= 0.6 is 23.2 Å². The summed E-state index contributed by atoms with van der Waals surface area (Å²) in [6.07, 6.45) is 4.42. The maximum absolute atomic E-state index is 12.3. The fourth-order valence-electron chi connectivity index (χ4n) is 2.19. The van der Waals surface area contributed by atoms with Crippen LogP contribution in [0.2, 0.25) is 10.0 Å². The molecular weight excluding hydrogens is 397 g/mol. The molecule has 2 amide bonds. The van der Waals surface area contributed by atoms with E-state index in [0.717, 1.165) is 19.0 Å². The Balaban J connectivity index is 1.77. The van der Waals surface area contributed by atoms with Gasteiger partial charge in [-0.15, -0.1) is 0 Å². The summed E-state index contributed by atoms with van der Waals surface area (Å²) < 4.78 is 11.0. The first-order chi connectivity index (χ1) is 12.9. The van der Waals surface area contributed by atoms with Crippen LogP contribution in [0.3, 0.4) is 0 Å². The zero-order valence-corrected chi connectivity index (χ0v) is 15.6. The fourth-order valence-corrected chi connectivity index (χ4v) is 2.70. The quantitative estimate of drug-likeness (QED) is 0.444. The Morgan fingerprint density at radius 3 is 2.74 bits per heavy atom. The van der Waals surface area contributed by atoms with Crippen molar-refractivity contribution >= 4 is 35.0 Å². The number of methoxy groups -OCH3 is 1. The maximum Gasteiger partial charge on any atom is 0.325 e. The van der Waals surface area contributed by atoms with Gasteiger partial charge in [0.25, 0.3) is 5.91 Å². The summed E-state index contributed by atoms with van der Waals surface area (Å²) in [5, 5.41) is 13.5. The number of nitrogens with one attached hydrogen (secondary N) is 1. The second-order valence-electron chi connectivity index (χ2n) is 5.85. The van der Waals surface area contributed by atoms with Gasteiger partial charge in [-0.2, -0.15) is 4.73 Å². The third-order valence-electron chi connectivity index (χ3n) is 3.79. The van der Waals surface area contributed by atoms with Crippen molar-refractivity contribution in [3.8, 4) is 11.5 Å². The van der Waals surface area contributed by atoms with Crippen LogP contribution < -0.4 is 19.5 Å². The van der Waals surface area contributed by atoms with Crippen LogP contribution in [0.4, 0.5) is 0 Å². The number of amides is 2. The highest BCUT2D eigenvalue weighted by atomic mass is 35.5. The largest absolute Gasteiger partial charge is 0.618 e. The average molecular weight is 411 g/mol. The maximum atomic E-state index is 12.3. The van der Waals surface area contributed by atoms with Crippen molar-refractivity contribution in [3.63, 3.8) is 0 Å². The molecule has 0 unspecified atom stereocenters. The summed E-state index contributed by atoms with van der Waals surface area (Å²) >= 11 is 11.5. The molecule has 0 saturated heterocycles. The lowest BCUT2D eigenvalue weighted by Gasteiger charge is -2.11. The standard InChI is InChI=1S/C17H14Cl2N3O5/c1-26-14-6-20-12(5-13(14)27-8-9-2-3-9)16(23)21-17(24)15-11(19)4-10(18)7-22(15)25/h5-7,9H,2-3,8H2,1H3,(H,21,23,24). The monoisotopic (exact) mass is 410 g/mol. The minimum atomic E-state index is -1.01. The van der Waals surface area contributed by atoms with E-state index in [-0.39, 0.29) is 20.5 Å². The van der Waals surface area contributed by atoms with Crippen LogP contribution in [0.5, 0.6) is 11.5 Å². The van der Waals surface area contributed by atoms with E-state index in [4.69, 9.17) is 32.7 Å². The lowest BCUT2D eigenvalue weighted by Crippen LogP contribution is -2.42. The number of carbonyl (C=O) groups is 2. The Kier molecular flexibility index (Phi) is 5.67. The predicted molar refractivity (Wildman–Crippen MR) is 95.1 cm³/mol. The van der Waals surface area contributed by atoms with Gasteiger partial charge in [-0.05, 0) is 18.8 Å². The van der Waals surface area contributed by atoms with Gasteiger partial charge in [-0.1, -0.05) is 23.2 Å². The highest BCUT2D eigenvalue weighted by Crippen LogP contribution is 2.32. The van der Waals surface area contributed by atoms with E-state index in [2.05, 4.69) is 16.4 Å². The lowest BCUT2D eigenvalue weighted by molar-refractivity contribution is -0.607. The lowest BCUT2D eigenvalue weighted by atomic mass is 10.3. The van der Waals surface area contributed by atoms with E-state index in [0.29, 0.717) is 24.0 Å². The van der Waals surface area contributed by atoms with Gasteiger partial charge in [0.05, 0.1) is 19.9 Å². The van der Waals surface area contributed by atoms with Gasteiger partial charge in [-0.3, -0.25) is 14.9 Å². The molecule has 2 heterocycles. The Bertz CT molecular complexity index is 879. The minimum absolute atomic E-state index is 0.0628. The van der Waals surface area contributed by atoms with E-state index >= 15 is 0 Å². The second-order valence-corrected chi connectivity index (χ2v) is 6.63. The molecule has 0 atom stereocenters. The number of hydrogen-bond acceptors (Lipinski definition) is 6. The molecule has 1 saturated carbocycles. The molecule has 0 aliphatic heterocycles. The Labute approximate surface area is 164 Å². The SMILES string of the molecule is COc1cnc(C(=O)NC(=O)c2c(Cl)[c]c(Cl)c[n+]2[O-])cc1OCC1CC1. The smallest absolute Gasteiger partial charge is 0.325 e. The summed E-state index contributed by atoms with van der Waals surface area (Å²) in [4.78, 5) is 28.5. The summed E-state index contributed by atoms with van der Waals surface area (Å²) in [7, 11) is 1.45. The molecule has 1 fully saturated rings. The first-order valence-electron chi connectivity index (χ1n) is 7.92. The highest BCUT2D eigenvalue weighted by molar-refractivity contribution is 6.36. The molecule has 1 aliphatic rings. The van der Waals surface area contributed by atoms with Crippen molar-refractivity contribution in [1.29, 1.82) is 0 Å². The zero-order chi connectivity index (χ0) is 19.6. The molecule has 10 heteroatoms. The zero-order valence-electron chi connectivity index (χ0n) is 14.1. The molecule has 0 aromatic carbocycles. The highest BCUT2D eigenvalue weighted by Gasteiger charge is 2.26. The molecule has 141 valence electrons. The van der Waals surface area contributed by atoms with Gasteiger partial charge < -0.3 is 14.7 Å². The van der Waals surface area contributed by atoms with Crippen molar-refractivity contribution in [2.45, 2.75) is 12.8 Å². The van der Waals surface area contributed by atoms with Gasteiger partial charge >= 0.3 is 11.6 Å². The molecule has 8 nitrogen and oxygen atoms in total. The summed E-state index contributed by atoms with van der Waals surface area (Å²) in [6, 6.07) is 3.78. The molecule has 1 aliphatic carbocycles. The third-order valence-corrected chi connectivity index (χ3v) is 4.25. The topological polar surface area (TPSA) is 104 Å². The molecule has 0 bridgehead atoms. The van der Waals surface area contributed by atoms with Crippen molar-refractivity contribution in [2.24, 2.45) is 5.92 Å². The van der Waals surface area contributed by atoms with Gasteiger partial charge in [0, 0.05) is 12.1 Å². The minimum Gasteiger partial charge on any atom is -0.618 e. The number of nitrogens with zero attached hydrogens (tertiary/aromatic N) is 2. The third kappa shape index (κ3) is 4.58. The number of hydrogen-bond donors (Lipinski definition) is 1. The number of imide groups is 1. The summed E-state index contributed by atoms with van der Waals surface area (Å²) in [5.41, 5.74) is -0.588. The Morgan fingerprint density at radius 2 is 2.11 bits per heavy atom. The molecule has 2 aromatic rings. The van der Waals surface area contributed by atoms with Gasteiger partial charge in [0.2, 0.25) is 6.20 Å². The van der Waals surface area contributed by atoms with Crippen LogP contribution in [-0.4, -0.2) is 30.5 Å². The second kappa shape index (κ2) is 7.98. The van der Waals surface area contributed by atoms with Crippen LogP contribution in [-0.2, 0) is 0 Å². The predicted octanol–water partition coefficient (Wildman–Crippen LogP) is 2.19. The molecule has 1 radical (unpaired) electrons. The van der Waals surface area contributed by atoms with Crippen LogP contribution in [0.1, 0.15) is 33.8 Å². The van der Waals surface area contributed by atoms with Crippen LogP contribution in [0, 0.1) is 17.2 Å². The van der Waals surface area contributed by atoms with E-state index in [1.165, 1.54) is 19.4 Å². The van der Waals surface area contributed by atoms with E-state index in [1.807, 2.05) is 0 Å². The average Bonchev–Trinajstić information content (AvgIpc) is 3.43. The number of carbonyl (C=O) groups excluding carboxylic acids is 2. The van der Waals surface area contributed by atoms with Crippen LogP contribution in [0.15, 0.2) is 18.5 Å². The number of aromatic nitrogens is 2. The molecular formula is C17H14Cl2N3O5. The van der Waals surface area contributed by atoms with Crippen molar-refractivity contribution in [3.05, 3.63) is 51.2 Å². The number of halogens is 2. The van der Waals surface area contributed by atoms with Crippen molar-refractivity contribution in [1.82, 2.24) is 10.3 Å². The Morgan fingerprint density at radius 1 is 1.37 bits per heavy atom. The number of ether oxygens (including phenoxy) is 2. The number of pyridine rings is 2. The first-order valence-corrected chi connectivity index (χ1v) is 8.67. The van der Waals surface area contributed by atoms with Crippen molar-refractivity contribution in [2.75, 3.05) is 13.7 Å². The normalized spacial score (nSPS) is 13.1. The Hall–Kier alpha value is -2.58. The molecule has 1 N–H and O–H groups in total. The fraction of sp³-hybridized carbons (Fsp3) is 0.294. The van der Waals surface area contributed by atoms with E-state index < -0.39 is 17.5 Å². The van der Waals surface area contributed by atoms with Gasteiger partial charge in [-0.25, -0.2) is 4.98 Å². The van der Waals surface area contributed by atoms with E-state index in [1.54, 1.807) is 0 Å². The summed E-state index contributed by atoms with van der Waals surface area (Å²) in [5.74, 6) is -0.631. The molecule has 2 aromatic heterocycles.